The molecule has 2 aromatic carbocycles. The van der Waals surface area contributed by atoms with Gasteiger partial charge in [0.1, 0.15) is 5.82 Å². The largest absolute Gasteiger partial charge is 0.373 e. The number of hydrogen-bond acceptors (Lipinski definition) is 3. The Morgan fingerprint density at radius 2 is 1.97 bits per heavy atom. The monoisotopic (exact) mass is 444 g/mol. The molecule has 0 bridgehead atoms. The van der Waals surface area contributed by atoms with E-state index in [1.165, 1.54) is 18.9 Å². The van der Waals surface area contributed by atoms with Gasteiger partial charge in [-0.05, 0) is 80.2 Å². The first-order chi connectivity index (χ1) is 15.0. The topological polar surface area (TPSA) is 32.8 Å². The molecule has 166 valence electrons. The Balaban J connectivity index is 1.49. The molecule has 2 aliphatic heterocycles. The lowest BCUT2D eigenvalue weighted by molar-refractivity contribution is -0.135. The third-order valence-electron chi connectivity index (χ3n) is 6.44. The van der Waals surface area contributed by atoms with Crippen LogP contribution < -0.4 is 0 Å². The van der Waals surface area contributed by atoms with Gasteiger partial charge in [-0.15, -0.1) is 0 Å². The van der Waals surface area contributed by atoms with Gasteiger partial charge in [-0.25, -0.2) is 4.39 Å². The van der Waals surface area contributed by atoms with Crippen LogP contribution in [-0.2, 0) is 16.1 Å². The van der Waals surface area contributed by atoms with Crippen LogP contribution in [0.15, 0.2) is 42.5 Å². The fourth-order valence-corrected chi connectivity index (χ4v) is 4.99. The first-order valence-electron chi connectivity index (χ1n) is 11.1. The molecule has 0 aliphatic carbocycles. The Bertz CT molecular complexity index is 916. The molecule has 0 aromatic heterocycles. The Labute approximate surface area is 188 Å². The minimum absolute atomic E-state index is 0.0102. The normalized spacial score (nSPS) is 22.1. The first-order valence-corrected chi connectivity index (χ1v) is 11.5. The maximum absolute atomic E-state index is 13.7. The molecule has 2 aromatic rings. The van der Waals surface area contributed by atoms with Crippen LogP contribution in [0, 0.1) is 12.7 Å². The molecule has 1 amide bonds. The third-order valence-corrected chi connectivity index (χ3v) is 6.68. The maximum atomic E-state index is 13.7. The highest BCUT2D eigenvalue weighted by atomic mass is 35.5. The number of hydrogen-bond donors (Lipinski definition) is 0. The van der Waals surface area contributed by atoms with Crippen molar-refractivity contribution in [3.05, 3.63) is 70.0 Å². The molecule has 2 aliphatic rings. The Morgan fingerprint density at radius 3 is 2.71 bits per heavy atom. The number of nitrogens with zero attached hydrogens (tertiary/aromatic N) is 2. The summed E-state index contributed by atoms with van der Waals surface area (Å²) >= 11 is 6.11. The van der Waals surface area contributed by atoms with E-state index in [-0.39, 0.29) is 23.7 Å². The molecule has 4 rings (SSSR count). The molecule has 6 heteroatoms. The number of piperidine rings is 1. The van der Waals surface area contributed by atoms with Gasteiger partial charge in [0.15, 0.2) is 0 Å². The average Bonchev–Trinajstić information content (AvgIpc) is 3.25. The minimum atomic E-state index is -0.240. The van der Waals surface area contributed by atoms with Gasteiger partial charge in [0, 0.05) is 24.0 Å². The summed E-state index contributed by atoms with van der Waals surface area (Å²) in [6, 6.07) is 12.6. The van der Waals surface area contributed by atoms with Crippen molar-refractivity contribution in [3.63, 3.8) is 0 Å². The van der Waals surface area contributed by atoms with E-state index < -0.39 is 0 Å². The maximum Gasteiger partial charge on any atom is 0.236 e. The van der Waals surface area contributed by atoms with Gasteiger partial charge >= 0.3 is 0 Å². The lowest BCUT2D eigenvalue weighted by Crippen LogP contribution is -2.48. The van der Waals surface area contributed by atoms with Crippen molar-refractivity contribution < 1.29 is 13.9 Å². The first kappa shape index (κ1) is 22.3. The Morgan fingerprint density at radius 1 is 1.16 bits per heavy atom. The molecular weight excluding hydrogens is 415 g/mol. The molecular formula is C25H30ClFN2O2. The molecule has 2 heterocycles. The number of amides is 1. The van der Waals surface area contributed by atoms with Gasteiger partial charge in [0.25, 0.3) is 0 Å². The van der Waals surface area contributed by atoms with Crippen molar-refractivity contribution in [3.8, 4) is 0 Å². The zero-order valence-electron chi connectivity index (χ0n) is 18.0. The highest BCUT2D eigenvalue weighted by Crippen LogP contribution is 2.33. The van der Waals surface area contributed by atoms with Crippen LogP contribution in [0.25, 0.3) is 0 Å². The molecule has 4 nitrogen and oxygen atoms in total. The van der Waals surface area contributed by atoms with E-state index >= 15 is 0 Å². The fourth-order valence-electron chi connectivity index (χ4n) is 4.77. The number of benzene rings is 2. The van der Waals surface area contributed by atoms with Crippen LogP contribution in [0.5, 0.6) is 0 Å². The van der Waals surface area contributed by atoms with Gasteiger partial charge in [-0.2, -0.15) is 0 Å². The summed E-state index contributed by atoms with van der Waals surface area (Å²) in [5, 5.41) is 0.689. The number of likely N-dealkylation sites (tertiary alicyclic amines) is 2. The van der Waals surface area contributed by atoms with Crippen LogP contribution in [0.1, 0.15) is 41.9 Å². The zero-order chi connectivity index (χ0) is 21.8. The molecule has 2 fully saturated rings. The Hall–Kier alpha value is -1.95. The summed E-state index contributed by atoms with van der Waals surface area (Å²) in [5.41, 5.74) is 2.97. The van der Waals surface area contributed by atoms with Gasteiger partial charge in [0.2, 0.25) is 5.91 Å². The summed E-state index contributed by atoms with van der Waals surface area (Å²) in [5.74, 6) is -0.0496. The predicted molar refractivity (Wildman–Crippen MR) is 121 cm³/mol. The Kier molecular flexibility index (Phi) is 7.26. The van der Waals surface area contributed by atoms with Gasteiger partial charge in [-0.1, -0.05) is 29.8 Å². The lowest BCUT2D eigenvalue weighted by atomic mass is 9.85. The van der Waals surface area contributed by atoms with E-state index in [1.807, 2.05) is 42.2 Å². The summed E-state index contributed by atoms with van der Waals surface area (Å²) in [6.07, 6.45) is 3.06. The summed E-state index contributed by atoms with van der Waals surface area (Å²) in [4.78, 5) is 17.2. The molecule has 0 spiro atoms. The van der Waals surface area contributed by atoms with E-state index in [0.29, 0.717) is 31.3 Å². The number of aryl methyl sites for hydroxylation is 1. The predicted octanol–water partition coefficient (Wildman–Crippen LogP) is 4.78. The van der Waals surface area contributed by atoms with Crippen LogP contribution in [0.3, 0.4) is 0 Å². The molecule has 2 atom stereocenters. The van der Waals surface area contributed by atoms with Gasteiger partial charge in [0.05, 0.1) is 19.3 Å². The summed E-state index contributed by atoms with van der Waals surface area (Å²) in [7, 11) is 0. The minimum Gasteiger partial charge on any atom is -0.373 e. The molecule has 2 saturated heterocycles. The van der Waals surface area contributed by atoms with E-state index in [9.17, 15) is 9.18 Å². The second-order valence-electron chi connectivity index (χ2n) is 8.70. The quantitative estimate of drug-likeness (QED) is 0.642. The van der Waals surface area contributed by atoms with E-state index in [2.05, 4.69) is 4.90 Å². The average molecular weight is 445 g/mol. The zero-order valence-corrected chi connectivity index (χ0v) is 18.8. The van der Waals surface area contributed by atoms with Crippen molar-refractivity contribution in [2.45, 2.75) is 44.8 Å². The van der Waals surface area contributed by atoms with Crippen molar-refractivity contribution in [2.75, 3.05) is 32.7 Å². The van der Waals surface area contributed by atoms with Crippen molar-refractivity contribution in [2.24, 2.45) is 0 Å². The molecule has 31 heavy (non-hydrogen) atoms. The SMILES string of the molecule is Cc1cc(F)ccc1C1CN(C(=O)CN2CCCC2)CCC1OCc1cccc(Cl)c1. The molecule has 0 radical (unpaired) electrons. The van der Waals surface area contributed by atoms with E-state index in [1.54, 1.807) is 6.07 Å². The number of ether oxygens (including phenoxy) is 1. The van der Waals surface area contributed by atoms with Gasteiger partial charge in [-0.3, -0.25) is 9.69 Å². The van der Waals surface area contributed by atoms with E-state index in [0.717, 1.165) is 36.2 Å². The summed E-state index contributed by atoms with van der Waals surface area (Å²) in [6.45, 7) is 6.17. The highest BCUT2D eigenvalue weighted by molar-refractivity contribution is 6.30. The number of carbonyl (C=O) groups is 1. The summed E-state index contributed by atoms with van der Waals surface area (Å²) < 4.78 is 20.1. The number of carbonyl (C=O) groups excluding carboxylic acids is 1. The lowest BCUT2D eigenvalue weighted by Gasteiger charge is -2.40. The molecule has 0 saturated carbocycles. The van der Waals surface area contributed by atoms with Crippen molar-refractivity contribution in [1.82, 2.24) is 9.80 Å². The smallest absolute Gasteiger partial charge is 0.236 e. The van der Waals surface area contributed by atoms with Crippen LogP contribution in [0.4, 0.5) is 4.39 Å². The van der Waals surface area contributed by atoms with Crippen LogP contribution in [0.2, 0.25) is 5.02 Å². The second-order valence-corrected chi connectivity index (χ2v) is 9.13. The molecule has 0 N–H and O–H groups in total. The number of halogens is 2. The molecule has 2 unspecified atom stereocenters. The van der Waals surface area contributed by atoms with Crippen LogP contribution in [-0.4, -0.2) is 54.5 Å². The van der Waals surface area contributed by atoms with Gasteiger partial charge < -0.3 is 9.64 Å². The van der Waals surface area contributed by atoms with E-state index in [4.69, 9.17) is 16.3 Å². The second kappa shape index (κ2) is 10.1. The highest BCUT2D eigenvalue weighted by Gasteiger charge is 2.34. The third kappa shape index (κ3) is 5.65. The fraction of sp³-hybridized carbons (Fsp3) is 0.480. The van der Waals surface area contributed by atoms with Crippen molar-refractivity contribution >= 4 is 17.5 Å². The van der Waals surface area contributed by atoms with Crippen LogP contribution >= 0.6 is 11.6 Å². The standard InChI is InChI=1S/C25H30ClFN2O2/c1-18-13-21(27)7-8-22(18)23-15-29(25(30)16-28-10-2-3-11-28)12-9-24(23)31-17-19-5-4-6-20(26)14-19/h4-8,13-14,23-24H,2-3,9-12,15-17H2,1H3. The van der Waals surface area contributed by atoms with Crippen molar-refractivity contribution in [1.29, 1.82) is 0 Å². The number of rotatable bonds is 6.